The number of halogens is 2. The second kappa shape index (κ2) is 7.12. The fourth-order valence-electron chi connectivity index (χ4n) is 2.44. The Morgan fingerprint density at radius 3 is 2.62 bits per heavy atom. The highest BCUT2D eigenvalue weighted by atomic mass is 19.2. The summed E-state index contributed by atoms with van der Waals surface area (Å²) in [5.41, 5.74) is -0.130. The van der Waals surface area contributed by atoms with Crippen molar-refractivity contribution >= 4 is 5.78 Å². The first-order valence-corrected chi connectivity index (χ1v) is 7.70. The van der Waals surface area contributed by atoms with Crippen molar-refractivity contribution in [3.63, 3.8) is 0 Å². The molecule has 1 aromatic carbocycles. The van der Waals surface area contributed by atoms with Crippen LogP contribution in [0.5, 0.6) is 0 Å². The number of Topliss-reactive ketones (excluding diaryl/α,β-unsaturated/α-hetero) is 1. The van der Waals surface area contributed by atoms with Gasteiger partial charge in [0.1, 0.15) is 0 Å². The van der Waals surface area contributed by atoms with Gasteiger partial charge in [-0.1, -0.05) is 19.9 Å². The van der Waals surface area contributed by atoms with Gasteiger partial charge in [0.2, 0.25) is 0 Å². The lowest BCUT2D eigenvalue weighted by Gasteiger charge is -2.22. The second-order valence-electron chi connectivity index (χ2n) is 6.22. The summed E-state index contributed by atoms with van der Waals surface area (Å²) >= 11 is 0. The van der Waals surface area contributed by atoms with Crippen LogP contribution in [0.3, 0.4) is 0 Å². The number of carbonyl (C=O) groups is 1. The number of benzene rings is 1. The molecule has 1 aliphatic carbocycles. The predicted molar refractivity (Wildman–Crippen MR) is 79.4 cm³/mol. The maximum Gasteiger partial charge on any atom is 0.169 e. The quantitative estimate of drug-likeness (QED) is 0.674. The minimum Gasteiger partial charge on any atom is -0.300 e. The minimum atomic E-state index is -1.03. The topological polar surface area (TPSA) is 20.3 Å². The second-order valence-corrected chi connectivity index (χ2v) is 6.22. The third kappa shape index (κ3) is 4.60. The molecule has 1 saturated carbocycles. The Morgan fingerprint density at radius 2 is 2.00 bits per heavy atom. The molecule has 116 valence electrons. The molecular formula is C17H23F2NO. The van der Waals surface area contributed by atoms with Crippen LogP contribution in [0.1, 0.15) is 49.9 Å². The molecule has 0 amide bonds. The average Bonchev–Trinajstić information content (AvgIpc) is 3.26. The monoisotopic (exact) mass is 295 g/mol. The van der Waals surface area contributed by atoms with Gasteiger partial charge in [-0.15, -0.1) is 0 Å². The van der Waals surface area contributed by atoms with E-state index in [9.17, 15) is 13.6 Å². The van der Waals surface area contributed by atoms with Crippen molar-refractivity contribution in [1.82, 2.24) is 4.90 Å². The van der Waals surface area contributed by atoms with Gasteiger partial charge < -0.3 is 0 Å². The van der Waals surface area contributed by atoms with Crippen LogP contribution in [0.25, 0.3) is 0 Å². The van der Waals surface area contributed by atoms with E-state index in [4.69, 9.17) is 0 Å². The van der Waals surface area contributed by atoms with Crippen molar-refractivity contribution in [2.24, 2.45) is 5.92 Å². The number of nitrogens with zero attached hydrogens (tertiary/aromatic N) is 1. The fourth-order valence-corrected chi connectivity index (χ4v) is 2.44. The molecule has 4 heteroatoms. The Bertz CT molecular complexity index is 498. The Balaban J connectivity index is 1.91. The summed E-state index contributed by atoms with van der Waals surface area (Å²) in [6, 6.07) is 4.35. The van der Waals surface area contributed by atoms with Crippen molar-refractivity contribution in [2.75, 3.05) is 13.1 Å². The van der Waals surface area contributed by atoms with E-state index in [-0.39, 0.29) is 17.8 Å². The van der Waals surface area contributed by atoms with Gasteiger partial charge in [0, 0.05) is 19.0 Å². The highest BCUT2D eigenvalue weighted by Crippen LogP contribution is 2.27. The van der Waals surface area contributed by atoms with Crippen molar-refractivity contribution in [1.29, 1.82) is 0 Å². The molecule has 0 aromatic heterocycles. The molecule has 0 heterocycles. The van der Waals surface area contributed by atoms with Crippen LogP contribution in [0.15, 0.2) is 18.2 Å². The van der Waals surface area contributed by atoms with Crippen molar-refractivity contribution < 1.29 is 13.6 Å². The average molecular weight is 295 g/mol. The molecule has 1 fully saturated rings. The molecule has 1 aromatic rings. The smallest absolute Gasteiger partial charge is 0.169 e. The third-order valence-corrected chi connectivity index (χ3v) is 3.94. The van der Waals surface area contributed by atoms with E-state index in [1.807, 2.05) is 0 Å². The summed E-state index contributed by atoms with van der Waals surface area (Å²) in [4.78, 5) is 14.4. The van der Waals surface area contributed by atoms with Crippen molar-refractivity contribution in [3.8, 4) is 0 Å². The van der Waals surface area contributed by atoms with Crippen LogP contribution in [0.4, 0.5) is 8.78 Å². The first-order chi connectivity index (χ1) is 9.99. The van der Waals surface area contributed by atoms with Gasteiger partial charge in [-0.2, -0.15) is 0 Å². The molecule has 0 atom stereocenters. The van der Waals surface area contributed by atoms with E-state index in [0.717, 1.165) is 19.0 Å². The van der Waals surface area contributed by atoms with Crippen molar-refractivity contribution in [3.05, 3.63) is 35.4 Å². The number of hydrogen-bond donors (Lipinski definition) is 0. The molecule has 0 spiro atoms. The van der Waals surface area contributed by atoms with Gasteiger partial charge in [0.25, 0.3) is 0 Å². The van der Waals surface area contributed by atoms with Crippen LogP contribution in [-0.2, 0) is 0 Å². The van der Waals surface area contributed by atoms with Crippen molar-refractivity contribution in [2.45, 2.75) is 45.6 Å². The van der Waals surface area contributed by atoms with E-state index in [0.29, 0.717) is 18.5 Å². The summed E-state index contributed by atoms with van der Waals surface area (Å²) in [5, 5.41) is 0. The number of rotatable bonds is 8. The van der Waals surface area contributed by atoms with E-state index in [1.165, 1.54) is 25.0 Å². The zero-order valence-corrected chi connectivity index (χ0v) is 12.7. The molecule has 2 rings (SSSR count). The van der Waals surface area contributed by atoms with Crippen LogP contribution in [0, 0.1) is 17.6 Å². The lowest BCUT2D eigenvalue weighted by atomic mass is 10.1. The van der Waals surface area contributed by atoms with Gasteiger partial charge in [0.05, 0.1) is 5.56 Å². The number of hydrogen-bond acceptors (Lipinski definition) is 2. The minimum absolute atomic E-state index is 0.130. The Hall–Kier alpha value is -1.29. The molecule has 0 aliphatic heterocycles. The highest BCUT2D eigenvalue weighted by Gasteiger charge is 2.29. The summed E-state index contributed by atoms with van der Waals surface area (Å²) in [6.45, 7) is 5.96. The first kappa shape index (κ1) is 16.1. The van der Waals surface area contributed by atoms with Crippen LogP contribution in [0.2, 0.25) is 0 Å². The van der Waals surface area contributed by atoms with Crippen LogP contribution >= 0.6 is 0 Å². The molecule has 0 radical (unpaired) electrons. The van der Waals surface area contributed by atoms with Gasteiger partial charge in [-0.25, -0.2) is 8.78 Å². The molecule has 21 heavy (non-hydrogen) atoms. The van der Waals surface area contributed by atoms with Gasteiger partial charge in [0.15, 0.2) is 17.4 Å². The lowest BCUT2D eigenvalue weighted by molar-refractivity contribution is 0.0956. The molecule has 0 saturated heterocycles. The van der Waals surface area contributed by atoms with E-state index in [1.54, 1.807) is 0 Å². The predicted octanol–water partition coefficient (Wildman–Crippen LogP) is 4.05. The molecule has 2 nitrogen and oxygen atoms in total. The zero-order chi connectivity index (χ0) is 15.4. The molecule has 0 unspecified atom stereocenters. The van der Waals surface area contributed by atoms with Gasteiger partial charge >= 0.3 is 0 Å². The Morgan fingerprint density at radius 1 is 1.29 bits per heavy atom. The number of carbonyl (C=O) groups excluding carboxylic acids is 1. The summed E-state index contributed by atoms with van der Waals surface area (Å²) < 4.78 is 26.7. The standard InChI is InChI=1S/C17H23F2NO/c1-12(2)8-10-20(13-6-7-13)11-9-16(21)14-4-3-5-15(18)17(14)19/h3-5,12-13H,6-11H2,1-2H3. The zero-order valence-electron chi connectivity index (χ0n) is 12.7. The Kier molecular flexibility index (Phi) is 5.45. The highest BCUT2D eigenvalue weighted by molar-refractivity contribution is 5.96. The van der Waals surface area contributed by atoms with Crippen LogP contribution in [-0.4, -0.2) is 29.8 Å². The molecule has 0 bridgehead atoms. The molecule has 1 aliphatic rings. The summed E-state index contributed by atoms with van der Waals surface area (Å²) in [7, 11) is 0. The lowest BCUT2D eigenvalue weighted by Crippen LogP contribution is -2.30. The summed E-state index contributed by atoms with van der Waals surface area (Å²) in [6.07, 6.45) is 3.70. The van der Waals surface area contributed by atoms with E-state index >= 15 is 0 Å². The maximum atomic E-state index is 13.6. The van der Waals surface area contributed by atoms with Gasteiger partial charge in [-0.05, 0) is 43.9 Å². The van der Waals surface area contributed by atoms with E-state index in [2.05, 4.69) is 18.7 Å². The third-order valence-electron chi connectivity index (χ3n) is 3.94. The fraction of sp³-hybridized carbons (Fsp3) is 0.588. The van der Waals surface area contributed by atoms with E-state index < -0.39 is 11.6 Å². The first-order valence-electron chi connectivity index (χ1n) is 7.70. The van der Waals surface area contributed by atoms with Gasteiger partial charge in [-0.3, -0.25) is 9.69 Å². The molecule has 0 N–H and O–H groups in total. The molecular weight excluding hydrogens is 272 g/mol. The maximum absolute atomic E-state index is 13.6. The summed E-state index contributed by atoms with van der Waals surface area (Å²) in [5.74, 6) is -1.67. The van der Waals surface area contributed by atoms with Crippen LogP contribution < -0.4 is 0 Å². The number of ketones is 1. The SMILES string of the molecule is CC(C)CCN(CCC(=O)c1cccc(F)c1F)C1CC1. The largest absolute Gasteiger partial charge is 0.300 e. The Labute approximate surface area is 125 Å². The normalized spacial score (nSPS) is 15.0.